The summed E-state index contributed by atoms with van der Waals surface area (Å²) in [4.78, 5) is 33.5. The molecule has 2 fully saturated rings. The summed E-state index contributed by atoms with van der Waals surface area (Å²) in [5.41, 5.74) is 1.09. The van der Waals surface area contributed by atoms with Crippen LogP contribution in [-0.4, -0.2) is 65.4 Å². The predicted octanol–water partition coefficient (Wildman–Crippen LogP) is 2.47. The highest BCUT2D eigenvalue weighted by atomic mass is 16.5. The van der Waals surface area contributed by atoms with Gasteiger partial charge in [0.15, 0.2) is 0 Å². The molecule has 7 nitrogen and oxygen atoms in total. The van der Waals surface area contributed by atoms with Crippen molar-refractivity contribution in [3.63, 3.8) is 0 Å². The van der Waals surface area contributed by atoms with E-state index in [4.69, 9.17) is 4.74 Å². The Morgan fingerprint density at radius 2 is 1.79 bits per heavy atom. The van der Waals surface area contributed by atoms with Gasteiger partial charge >= 0.3 is 0 Å². The summed E-state index contributed by atoms with van der Waals surface area (Å²) in [6.45, 7) is 4.47. The zero-order chi connectivity index (χ0) is 22.9. The maximum atomic E-state index is 13.0. The van der Waals surface area contributed by atoms with Gasteiger partial charge in [-0.2, -0.15) is 0 Å². The van der Waals surface area contributed by atoms with E-state index in [1.165, 1.54) is 0 Å². The van der Waals surface area contributed by atoms with Crippen LogP contribution in [0.15, 0.2) is 42.6 Å². The number of ether oxygens (including phenoxy) is 1. The zero-order valence-electron chi connectivity index (χ0n) is 19.0. The molecule has 33 heavy (non-hydrogen) atoms. The summed E-state index contributed by atoms with van der Waals surface area (Å²) in [7, 11) is 0. The van der Waals surface area contributed by atoms with Crippen LogP contribution in [-0.2, 0) is 16.1 Å². The van der Waals surface area contributed by atoms with Gasteiger partial charge in [-0.05, 0) is 63.0 Å². The smallest absolute Gasteiger partial charge is 0.225 e. The Bertz CT molecular complexity index is 877. The molecule has 4 rings (SSSR count). The number of carbonyl (C=O) groups is 2. The quantitative estimate of drug-likeness (QED) is 0.672. The van der Waals surface area contributed by atoms with Gasteiger partial charge < -0.3 is 15.0 Å². The lowest BCUT2D eigenvalue weighted by molar-refractivity contribution is -0.138. The molecule has 7 heteroatoms. The average molecular weight is 449 g/mol. The number of piperidine rings is 2. The number of likely N-dealkylation sites (tertiary alicyclic amines) is 2. The first-order valence-electron chi connectivity index (χ1n) is 11.9. The lowest BCUT2D eigenvalue weighted by atomic mass is 9.93. The fourth-order valence-corrected chi connectivity index (χ4v) is 4.56. The van der Waals surface area contributed by atoms with Crippen molar-refractivity contribution in [1.29, 1.82) is 0 Å². The third-order valence-corrected chi connectivity index (χ3v) is 6.47. The van der Waals surface area contributed by atoms with E-state index in [0.29, 0.717) is 26.1 Å². The van der Waals surface area contributed by atoms with Crippen molar-refractivity contribution >= 4 is 11.8 Å². The lowest BCUT2D eigenvalue weighted by Gasteiger charge is -2.37. The Labute approximate surface area is 196 Å². The molecule has 1 N–H and O–H groups in total. The number of amides is 2. The summed E-state index contributed by atoms with van der Waals surface area (Å²) in [6, 6.07) is 14.7. The first kappa shape index (κ1) is 23.1. The highest BCUT2D eigenvalue weighted by Gasteiger charge is 2.31. The van der Waals surface area contributed by atoms with Crippen molar-refractivity contribution < 1.29 is 14.3 Å². The van der Waals surface area contributed by atoms with Gasteiger partial charge in [0.1, 0.15) is 5.75 Å². The predicted molar refractivity (Wildman–Crippen MR) is 124 cm³/mol. The minimum Gasteiger partial charge on any atom is -0.493 e. The number of hydrogen-bond donors (Lipinski definition) is 1. The third kappa shape index (κ3) is 6.93. The van der Waals surface area contributed by atoms with Crippen LogP contribution >= 0.6 is 0 Å². The van der Waals surface area contributed by atoms with Crippen LogP contribution in [0.5, 0.6) is 5.75 Å². The SMILES string of the molecule is O=C(CCOc1ccccc1)NC1CCN(C(=O)C2CCN(Cc3c#cncc3)CC2)CC1. The number of nitrogens with one attached hydrogen (secondary N) is 1. The van der Waals surface area contributed by atoms with Gasteiger partial charge in [-0.1, -0.05) is 18.2 Å². The van der Waals surface area contributed by atoms with Crippen LogP contribution in [0.1, 0.15) is 37.7 Å². The van der Waals surface area contributed by atoms with Crippen LogP contribution in [0.4, 0.5) is 0 Å². The van der Waals surface area contributed by atoms with Crippen molar-refractivity contribution in [3.05, 3.63) is 60.4 Å². The third-order valence-electron chi connectivity index (χ3n) is 6.47. The standard InChI is InChI=1S/C26H32N4O3/c31-25(12-19-33-24-4-2-1-3-5-24)28-23-10-17-30(18-11-23)26(32)22-8-15-29(16-9-22)20-21-6-13-27-14-7-21/h1-6,13,22-23H,8-12,15-20H2,(H,28,31). The normalized spacial score (nSPS) is 17.9. The number of benzene rings is 1. The number of nitrogens with zero attached hydrogens (tertiary/aromatic N) is 3. The fraction of sp³-hybridized carbons (Fsp3) is 0.500. The molecular formula is C26H32N4O3. The van der Waals surface area contributed by atoms with E-state index >= 15 is 0 Å². The molecule has 174 valence electrons. The molecule has 0 atom stereocenters. The topological polar surface area (TPSA) is 74.8 Å². The molecule has 0 radical (unpaired) electrons. The monoisotopic (exact) mass is 448 g/mol. The molecule has 1 aromatic carbocycles. The molecule has 0 spiro atoms. The Morgan fingerprint density at radius 1 is 1.03 bits per heavy atom. The lowest BCUT2D eigenvalue weighted by Crippen LogP contribution is -2.49. The highest BCUT2D eigenvalue weighted by molar-refractivity contribution is 5.79. The van der Waals surface area contributed by atoms with Crippen LogP contribution in [0.3, 0.4) is 0 Å². The van der Waals surface area contributed by atoms with Gasteiger partial charge in [0.2, 0.25) is 11.8 Å². The molecule has 2 aliphatic rings. The molecule has 3 heterocycles. The molecule has 2 saturated heterocycles. The minimum absolute atomic E-state index is 0.00659. The van der Waals surface area contributed by atoms with E-state index in [0.717, 1.165) is 56.6 Å². The Hall–Kier alpha value is -3.11. The van der Waals surface area contributed by atoms with Crippen LogP contribution < -0.4 is 10.1 Å². The number of para-hydroxylation sites is 1. The second-order valence-electron chi connectivity index (χ2n) is 8.84. The number of rotatable bonds is 8. The summed E-state index contributed by atoms with van der Waals surface area (Å²) in [5, 5.41) is 3.10. The number of carbonyl (C=O) groups excluding carboxylic acids is 2. The molecule has 0 saturated carbocycles. The molecular weight excluding hydrogens is 416 g/mol. The molecule has 2 aromatic rings. The van der Waals surface area contributed by atoms with E-state index in [2.05, 4.69) is 27.5 Å². The van der Waals surface area contributed by atoms with Crippen LogP contribution in [0.2, 0.25) is 0 Å². The van der Waals surface area contributed by atoms with Crippen molar-refractivity contribution in [2.45, 2.75) is 44.7 Å². The van der Waals surface area contributed by atoms with E-state index in [1.54, 1.807) is 6.20 Å². The summed E-state index contributed by atoms with van der Waals surface area (Å²) in [5.74, 6) is 1.17. The minimum atomic E-state index is 0.00659. The number of aromatic nitrogens is 1. The second kappa shape index (κ2) is 11.7. The van der Waals surface area contributed by atoms with Crippen molar-refractivity contribution in [3.8, 4) is 5.75 Å². The highest BCUT2D eigenvalue weighted by Crippen LogP contribution is 2.23. The molecule has 2 aliphatic heterocycles. The number of hydrogen-bond acceptors (Lipinski definition) is 5. The van der Waals surface area contributed by atoms with E-state index in [-0.39, 0.29) is 23.8 Å². The summed E-state index contributed by atoms with van der Waals surface area (Å²) in [6.07, 6.45) is 8.24. The van der Waals surface area contributed by atoms with Gasteiger partial charge in [-0.15, -0.1) is 0 Å². The first-order valence-corrected chi connectivity index (χ1v) is 11.9. The van der Waals surface area contributed by atoms with Gasteiger partial charge in [0.25, 0.3) is 0 Å². The first-order chi connectivity index (χ1) is 16.2. The van der Waals surface area contributed by atoms with Crippen molar-refractivity contribution in [2.24, 2.45) is 5.92 Å². The summed E-state index contributed by atoms with van der Waals surface area (Å²) >= 11 is 0. The Morgan fingerprint density at radius 3 is 2.48 bits per heavy atom. The average Bonchev–Trinajstić information content (AvgIpc) is 2.86. The molecule has 2 amide bonds. The molecule has 0 aliphatic carbocycles. The van der Waals surface area contributed by atoms with Gasteiger partial charge in [0, 0.05) is 49.6 Å². The van der Waals surface area contributed by atoms with E-state index in [9.17, 15) is 9.59 Å². The van der Waals surface area contributed by atoms with E-state index in [1.807, 2.05) is 41.3 Å². The van der Waals surface area contributed by atoms with Crippen LogP contribution in [0.25, 0.3) is 0 Å². The maximum absolute atomic E-state index is 13.0. The van der Waals surface area contributed by atoms with Gasteiger partial charge in [0.05, 0.1) is 13.0 Å². The van der Waals surface area contributed by atoms with Crippen molar-refractivity contribution in [1.82, 2.24) is 20.1 Å². The summed E-state index contributed by atoms with van der Waals surface area (Å²) < 4.78 is 5.60. The Kier molecular flexibility index (Phi) is 8.15. The molecule has 0 unspecified atom stereocenters. The molecule has 0 bridgehead atoms. The fourth-order valence-electron chi connectivity index (χ4n) is 4.56. The van der Waals surface area contributed by atoms with Gasteiger partial charge in [-0.3, -0.25) is 14.5 Å². The molecule has 1 aromatic heterocycles. The zero-order valence-corrected chi connectivity index (χ0v) is 19.0. The largest absolute Gasteiger partial charge is 0.493 e. The van der Waals surface area contributed by atoms with Crippen molar-refractivity contribution in [2.75, 3.05) is 32.8 Å². The Balaban J connectivity index is 1.12. The maximum Gasteiger partial charge on any atom is 0.225 e. The second-order valence-corrected chi connectivity index (χ2v) is 8.84. The van der Waals surface area contributed by atoms with E-state index < -0.39 is 0 Å². The van der Waals surface area contributed by atoms with Crippen LogP contribution in [0, 0.1) is 18.2 Å². The van der Waals surface area contributed by atoms with Gasteiger partial charge in [-0.25, -0.2) is 4.98 Å².